The Morgan fingerprint density at radius 2 is 1.71 bits per heavy atom. The van der Waals surface area contributed by atoms with E-state index >= 15 is 0 Å². The highest BCUT2D eigenvalue weighted by atomic mass is 16.1. The summed E-state index contributed by atoms with van der Waals surface area (Å²) in [5.74, 6) is 0.247. The fraction of sp³-hybridized carbons (Fsp3) is 0.316. The first-order valence-corrected chi connectivity index (χ1v) is 7.67. The minimum Gasteiger partial charge on any atom is -0.371 e. The van der Waals surface area contributed by atoms with Crippen molar-refractivity contribution in [1.82, 2.24) is 4.90 Å². The number of likely N-dealkylation sites (N-methyl/N-ethyl adjacent to an activating group) is 1. The third kappa shape index (κ3) is 2.15. The molecule has 2 heteroatoms. The van der Waals surface area contributed by atoms with Crippen molar-refractivity contribution in [3.8, 4) is 0 Å². The van der Waals surface area contributed by atoms with E-state index in [2.05, 4.69) is 50.0 Å². The van der Waals surface area contributed by atoms with E-state index < -0.39 is 0 Å². The van der Waals surface area contributed by atoms with Gasteiger partial charge in [-0.3, -0.25) is 4.79 Å². The van der Waals surface area contributed by atoms with Gasteiger partial charge in [-0.05, 0) is 37.5 Å². The van der Waals surface area contributed by atoms with Crippen molar-refractivity contribution < 1.29 is 4.79 Å². The molecule has 0 fully saturated rings. The molecule has 0 heterocycles. The van der Waals surface area contributed by atoms with Crippen molar-refractivity contribution in [3.05, 3.63) is 70.0 Å². The van der Waals surface area contributed by atoms with E-state index in [0.717, 1.165) is 29.8 Å². The van der Waals surface area contributed by atoms with E-state index in [9.17, 15) is 4.79 Å². The SMILES string of the molecule is CCN(CC)C1=C2/C=CC3=C2\C(=C/C=C\C=C/1C)CC3=O. The number of carbonyl (C=O) groups excluding carboxylic acids is 1. The number of hydrogen-bond donors (Lipinski definition) is 0. The van der Waals surface area contributed by atoms with Gasteiger partial charge in [-0.15, -0.1) is 0 Å². The van der Waals surface area contributed by atoms with Gasteiger partial charge in [-0.1, -0.05) is 36.5 Å². The molecule has 0 N–H and O–H groups in total. The van der Waals surface area contributed by atoms with Gasteiger partial charge in [0.15, 0.2) is 5.78 Å². The summed E-state index contributed by atoms with van der Waals surface area (Å²) < 4.78 is 0. The number of allylic oxidation sites excluding steroid dienone is 11. The van der Waals surface area contributed by atoms with E-state index in [1.54, 1.807) is 0 Å². The van der Waals surface area contributed by atoms with E-state index in [0.29, 0.717) is 6.42 Å². The summed E-state index contributed by atoms with van der Waals surface area (Å²) >= 11 is 0. The van der Waals surface area contributed by atoms with Crippen LogP contribution in [-0.4, -0.2) is 23.8 Å². The largest absolute Gasteiger partial charge is 0.371 e. The normalized spacial score (nSPS) is 30.1. The summed E-state index contributed by atoms with van der Waals surface area (Å²) in [7, 11) is 0. The fourth-order valence-corrected chi connectivity index (χ4v) is 3.38. The molecule has 0 aliphatic heterocycles. The molecule has 0 bridgehead atoms. The molecule has 2 nitrogen and oxygen atoms in total. The van der Waals surface area contributed by atoms with Crippen LogP contribution in [0.25, 0.3) is 0 Å². The van der Waals surface area contributed by atoms with Gasteiger partial charge >= 0.3 is 0 Å². The number of rotatable bonds is 3. The molecule has 3 rings (SSSR count). The van der Waals surface area contributed by atoms with Gasteiger partial charge in [0, 0.05) is 36.4 Å². The van der Waals surface area contributed by atoms with Gasteiger partial charge in [0.1, 0.15) is 0 Å². The molecular formula is C19H21NO. The first-order chi connectivity index (χ1) is 10.2. The Morgan fingerprint density at radius 1 is 1.05 bits per heavy atom. The monoisotopic (exact) mass is 279 g/mol. The third-order valence-corrected chi connectivity index (χ3v) is 4.39. The average Bonchev–Trinajstić information content (AvgIpc) is 3.03. The van der Waals surface area contributed by atoms with Gasteiger partial charge in [0.05, 0.1) is 0 Å². The number of ketones is 1. The summed E-state index contributed by atoms with van der Waals surface area (Å²) in [6.45, 7) is 8.44. The van der Waals surface area contributed by atoms with Crippen LogP contribution in [0.15, 0.2) is 70.0 Å². The van der Waals surface area contributed by atoms with Crippen LogP contribution in [0.4, 0.5) is 0 Å². The Morgan fingerprint density at radius 3 is 2.43 bits per heavy atom. The topological polar surface area (TPSA) is 20.3 Å². The Labute approximate surface area is 126 Å². The Balaban J connectivity index is 2.28. The van der Waals surface area contributed by atoms with E-state index in [1.807, 2.05) is 12.2 Å². The van der Waals surface area contributed by atoms with Gasteiger partial charge in [-0.25, -0.2) is 0 Å². The van der Waals surface area contributed by atoms with Crippen LogP contribution in [0.5, 0.6) is 0 Å². The fourth-order valence-electron chi connectivity index (χ4n) is 3.38. The van der Waals surface area contributed by atoms with E-state index in [4.69, 9.17) is 0 Å². The van der Waals surface area contributed by atoms with Crippen LogP contribution in [0, 0.1) is 0 Å². The molecule has 0 spiro atoms. The molecular weight excluding hydrogens is 258 g/mol. The lowest BCUT2D eigenvalue weighted by atomic mass is 9.97. The molecule has 0 aromatic rings. The number of nitrogens with zero attached hydrogens (tertiary/aromatic N) is 1. The van der Waals surface area contributed by atoms with Crippen LogP contribution >= 0.6 is 0 Å². The van der Waals surface area contributed by atoms with E-state index in [-0.39, 0.29) is 5.78 Å². The molecule has 0 saturated carbocycles. The van der Waals surface area contributed by atoms with Crippen LogP contribution in [-0.2, 0) is 4.79 Å². The smallest absolute Gasteiger partial charge is 0.167 e. The predicted molar refractivity (Wildman–Crippen MR) is 86.7 cm³/mol. The summed E-state index contributed by atoms with van der Waals surface area (Å²) in [4.78, 5) is 14.6. The van der Waals surface area contributed by atoms with Crippen LogP contribution < -0.4 is 0 Å². The molecule has 0 saturated heterocycles. The van der Waals surface area contributed by atoms with Gasteiger partial charge < -0.3 is 4.90 Å². The Bertz CT molecular complexity index is 676. The van der Waals surface area contributed by atoms with E-state index in [1.165, 1.54) is 16.8 Å². The highest BCUT2D eigenvalue weighted by Crippen LogP contribution is 2.42. The van der Waals surface area contributed by atoms with Gasteiger partial charge in [0.25, 0.3) is 0 Å². The minimum atomic E-state index is 0.247. The second-order valence-corrected chi connectivity index (χ2v) is 5.58. The molecule has 0 radical (unpaired) electrons. The summed E-state index contributed by atoms with van der Waals surface area (Å²) in [6, 6.07) is 0. The lowest BCUT2D eigenvalue weighted by molar-refractivity contribution is -0.114. The quantitative estimate of drug-likeness (QED) is 0.781. The highest BCUT2D eigenvalue weighted by Gasteiger charge is 2.33. The third-order valence-electron chi connectivity index (χ3n) is 4.39. The second-order valence-electron chi connectivity index (χ2n) is 5.58. The van der Waals surface area contributed by atoms with Crippen molar-refractivity contribution in [3.63, 3.8) is 0 Å². The van der Waals surface area contributed by atoms with Crippen LogP contribution in [0.1, 0.15) is 27.2 Å². The number of Topliss-reactive ketones (excluding diaryl/α,β-unsaturated/α-hetero) is 1. The van der Waals surface area contributed by atoms with Crippen molar-refractivity contribution >= 4 is 5.78 Å². The molecule has 0 atom stereocenters. The van der Waals surface area contributed by atoms with Gasteiger partial charge in [0.2, 0.25) is 0 Å². The standard InChI is InChI=1S/C19H21NO/c1-4-20(5-2)19-13(3)8-6-7-9-14-12-17(21)15-10-11-16(19)18(14)15/h6-11H,4-5,12H2,1-3H3/b7-6-,8-6?,9-7?,13-8-,14-9-,19-13?,19-16+. The molecule has 0 aromatic carbocycles. The number of hydrogen-bond acceptors (Lipinski definition) is 2. The van der Waals surface area contributed by atoms with Crippen LogP contribution in [0.3, 0.4) is 0 Å². The lowest BCUT2D eigenvalue weighted by Gasteiger charge is -2.27. The zero-order valence-electron chi connectivity index (χ0n) is 12.9. The van der Waals surface area contributed by atoms with Crippen molar-refractivity contribution in [2.75, 3.05) is 13.1 Å². The maximum Gasteiger partial charge on any atom is 0.167 e. The number of carbonyl (C=O) groups is 1. The predicted octanol–water partition coefficient (Wildman–Crippen LogP) is 3.86. The minimum absolute atomic E-state index is 0.247. The Kier molecular flexibility index (Phi) is 3.54. The molecule has 0 amide bonds. The second kappa shape index (κ2) is 5.36. The van der Waals surface area contributed by atoms with Crippen molar-refractivity contribution in [1.29, 1.82) is 0 Å². The first-order valence-electron chi connectivity index (χ1n) is 7.67. The molecule has 3 aliphatic carbocycles. The molecule has 3 aliphatic rings. The highest BCUT2D eigenvalue weighted by molar-refractivity contribution is 6.08. The summed E-state index contributed by atoms with van der Waals surface area (Å²) in [5, 5.41) is 0. The molecule has 108 valence electrons. The Hall–Kier alpha value is -2.09. The lowest BCUT2D eigenvalue weighted by Crippen LogP contribution is -2.24. The maximum absolute atomic E-state index is 12.2. The maximum atomic E-state index is 12.2. The van der Waals surface area contributed by atoms with Crippen molar-refractivity contribution in [2.45, 2.75) is 27.2 Å². The average molecular weight is 279 g/mol. The summed E-state index contributed by atoms with van der Waals surface area (Å²) in [5.41, 5.74) is 6.92. The van der Waals surface area contributed by atoms with Crippen molar-refractivity contribution in [2.24, 2.45) is 0 Å². The molecule has 21 heavy (non-hydrogen) atoms. The van der Waals surface area contributed by atoms with Crippen LogP contribution in [0.2, 0.25) is 0 Å². The molecule has 0 unspecified atom stereocenters. The summed E-state index contributed by atoms with van der Waals surface area (Å²) in [6.07, 6.45) is 13.0. The first kappa shape index (κ1) is 13.9. The zero-order chi connectivity index (χ0) is 15.0. The zero-order valence-corrected chi connectivity index (χ0v) is 12.9. The molecule has 0 aromatic heterocycles. The van der Waals surface area contributed by atoms with Gasteiger partial charge in [-0.2, -0.15) is 0 Å².